The highest BCUT2D eigenvalue weighted by Crippen LogP contribution is 2.08. The Labute approximate surface area is 87.7 Å². The van der Waals surface area contributed by atoms with Gasteiger partial charge in [-0.05, 0) is 24.3 Å². The molecular weight excluding hydrogens is 192 g/mol. The molecule has 0 saturated heterocycles. The molecule has 15 heavy (non-hydrogen) atoms. The van der Waals surface area contributed by atoms with Gasteiger partial charge in [-0.1, -0.05) is 0 Å². The number of nitrogens with one attached hydrogen (secondary N) is 1. The molecule has 1 unspecified atom stereocenters. The van der Waals surface area contributed by atoms with Crippen molar-refractivity contribution in [3.8, 4) is 6.07 Å². The summed E-state index contributed by atoms with van der Waals surface area (Å²) in [6, 6.07) is 8.14. The molecule has 0 heterocycles. The molecule has 1 aromatic rings. The number of nitrogens with zero attached hydrogens (tertiary/aromatic N) is 1. The number of primary amides is 1. The van der Waals surface area contributed by atoms with E-state index in [2.05, 4.69) is 5.32 Å². The number of nitrogens with two attached hydrogens (primary N) is 2. The smallest absolute Gasteiger partial charge is 0.236 e. The summed E-state index contributed by atoms with van der Waals surface area (Å²) in [6.45, 7) is 0.279. The van der Waals surface area contributed by atoms with Crippen LogP contribution in [0.4, 0.5) is 5.69 Å². The normalized spacial score (nSPS) is 11.5. The largest absolute Gasteiger partial charge is 0.383 e. The van der Waals surface area contributed by atoms with Crippen LogP contribution in [-0.4, -0.2) is 18.5 Å². The van der Waals surface area contributed by atoms with Crippen molar-refractivity contribution < 1.29 is 4.79 Å². The molecule has 1 aromatic carbocycles. The highest BCUT2D eigenvalue weighted by Gasteiger charge is 2.07. The average Bonchev–Trinajstić information content (AvgIpc) is 2.26. The zero-order chi connectivity index (χ0) is 11.3. The summed E-state index contributed by atoms with van der Waals surface area (Å²) in [7, 11) is 0. The van der Waals surface area contributed by atoms with Crippen molar-refractivity contribution in [2.75, 3.05) is 11.9 Å². The first-order chi connectivity index (χ1) is 7.13. The zero-order valence-corrected chi connectivity index (χ0v) is 8.10. The van der Waals surface area contributed by atoms with Gasteiger partial charge in [0.25, 0.3) is 0 Å². The molecule has 1 amide bonds. The lowest BCUT2D eigenvalue weighted by molar-refractivity contribution is -0.118. The lowest BCUT2D eigenvalue weighted by atomic mass is 10.2. The molecule has 0 saturated carbocycles. The third kappa shape index (κ3) is 3.29. The van der Waals surface area contributed by atoms with Crippen LogP contribution in [0, 0.1) is 11.3 Å². The van der Waals surface area contributed by atoms with Gasteiger partial charge >= 0.3 is 0 Å². The first-order valence-corrected chi connectivity index (χ1v) is 4.42. The van der Waals surface area contributed by atoms with E-state index in [1.165, 1.54) is 0 Å². The summed E-state index contributed by atoms with van der Waals surface area (Å²) in [5, 5.41) is 11.5. The van der Waals surface area contributed by atoms with Gasteiger partial charge in [0.2, 0.25) is 5.91 Å². The minimum absolute atomic E-state index is 0.279. The van der Waals surface area contributed by atoms with E-state index in [0.717, 1.165) is 5.69 Å². The molecule has 0 aliphatic rings. The SMILES string of the molecule is N#Cc1ccc(NCC(N)C(N)=O)cc1. The van der Waals surface area contributed by atoms with Gasteiger partial charge in [-0.25, -0.2) is 0 Å². The van der Waals surface area contributed by atoms with Crippen LogP contribution >= 0.6 is 0 Å². The topological polar surface area (TPSA) is 105 Å². The van der Waals surface area contributed by atoms with Crippen LogP contribution in [0.25, 0.3) is 0 Å². The molecule has 0 aromatic heterocycles. The van der Waals surface area contributed by atoms with Crippen molar-refractivity contribution >= 4 is 11.6 Å². The number of carbonyl (C=O) groups is 1. The maximum absolute atomic E-state index is 10.6. The standard InChI is InChI=1S/C10H12N4O/c11-5-7-1-3-8(4-2-7)14-6-9(12)10(13)15/h1-4,9,14H,6,12H2,(H2,13,15). The number of rotatable bonds is 4. The maximum atomic E-state index is 10.6. The Balaban J connectivity index is 2.52. The van der Waals surface area contributed by atoms with E-state index in [-0.39, 0.29) is 6.54 Å². The number of nitriles is 1. The number of benzene rings is 1. The van der Waals surface area contributed by atoms with Crippen LogP contribution in [0.5, 0.6) is 0 Å². The third-order valence-corrected chi connectivity index (χ3v) is 1.91. The van der Waals surface area contributed by atoms with E-state index >= 15 is 0 Å². The maximum Gasteiger partial charge on any atom is 0.236 e. The Morgan fingerprint density at radius 2 is 2.07 bits per heavy atom. The van der Waals surface area contributed by atoms with Gasteiger partial charge in [0.1, 0.15) is 6.04 Å². The first-order valence-electron chi connectivity index (χ1n) is 4.42. The molecule has 5 N–H and O–H groups in total. The molecule has 0 bridgehead atoms. The highest BCUT2D eigenvalue weighted by atomic mass is 16.1. The van der Waals surface area contributed by atoms with Crippen LogP contribution in [0.3, 0.4) is 0 Å². The zero-order valence-electron chi connectivity index (χ0n) is 8.10. The lowest BCUT2D eigenvalue weighted by Gasteiger charge is -2.09. The fraction of sp³-hybridized carbons (Fsp3) is 0.200. The lowest BCUT2D eigenvalue weighted by Crippen LogP contribution is -2.41. The summed E-state index contributed by atoms with van der Waals surface area (Å²) in [5.74, 6) is -0.545. The van der Waals surface area contributed by atoms with Crippen LogP contribution in [0.2, 0.25) is 0 Å². The molecule has 78 valence electrons. The van der Waals surface area contributed by atoms with Crippen LogP contribution in [0.1, 0.15) is 5.56 Å². The van der Waals surface area contributed by atoms with Gasteiger partial charge < -0.3 is 16.8 Å². The molecule has 0 aliphatic heterocycles. The molecule has 0 spiro atoms. The molecule has 0 radical (unpaired) electrons. The van der Waals surface area contributed by atoms with Crippen LogP contribution < -0.4 is 16.8 Å². The predicted molar refractivity (Wildman–Crippen MR) is 56.8 cm³/mol. The molecule has 0 fully saturated rings. The van der Waals surface area contributed by atoms with E-state index in [4.69, 9.17) is 16.7 Å². The van der Waals surface area contributed by atoms with Gasteiger partial charge in [0.15, 0.2) is 0 Å². The van der Waals surface area contributed by atoms with Crippen molar-refractivity contribution in [2.45, 2.75) is 6.04 Å². The van der Waals surface area contributed by atoms with Crippen molar-refractivity contribution in [1.82, 2.24) is 0 Å². The van der Waals surface area contributed by atoms with Crippen LogP contribution in [-0.2, 0) is 4.79 Å². The number of anilines is 1. The summed E-state index contributed by atoms with van der Waals surface area (Å²) < 4.78 is 0. The number of hydrogen-bond acceptors (Lipinski definition) is 4. The number of amides is 1. The molecular formula is C10H12N4O. The third-order valence-electron chi connectivity index (χ3n) is 1.91. The summed E-state index contributed by atoms with van der Waals surface area (Å²) in [6.07, 6.45) is 0. The Morgan fingerprint density at radius 3 is 2.53 bits per heavy atom. The van der Waals surface area contributed by atoms with Crippen molar-refractivity contribution in [2.24, 2.45) is 11.5 Å². The summed E-state index contributed by atoms with van der Waals surface area (Å²) in [4.78, 5) is 10.6. The van der Waals surface area contributed by atoms with Crippen molar-refractivity contribution in [3.63, 3.8) is 0 Å². The average molecular weight is 204 g/mol. The van der Waals surface area contributed by atoms with E-state index in [9.17, 15) is 4.79 Å². The second kappa shape index (κ2) is 4.98. The van der Waals surface area contributed by atoms with E-state index in [0.29, 0.717) is 5.56 Å². The van der Waals surface area contributed by atoms with Crippen molar-refractivity contribution in [3.05, 3.63) is 29.8 Å². The molecule has 1 atom stereocenters. The van der Waals surface area contributed by atoms with E-state index in [1.807, 2.05) is 6.07 Å². The minimum atomic E-state index is -0.708. The Kier molecular flexibility index (Phi) is 3.66. The van der Waals surface area contributed by atoms with Crippen molar-refractivity contribution in [1.29, 1.82) is 5.26 Å². The summed E-state index contributed by atoms with van der Waals surface area (Å²) >= 11 is 0. The predicted octanol–water partition coefficient (Wildman–Crippen LogP) is -0.217. The van der Waals surface area contributed by atoms with E-state index in [1.54, 1.807) is 24.3 Å². The second-order valence-electron chi connectivity index (χ2n) is 3.08. The monoisotopic (exact) mass is 204 g/mol. The minimum Gasteiger partial charge on any atom is -0.383 e. The fourth-order valence-corrected chi connectivity index (χ4v) is 0.991. The number of carbonyl (C=O) groups excluding carboxylic acids is 1. The Hall–Kier alpha value is -2.06. The Bertz CT molecular complexity index is 379. The second-order valence-corrected chi connectivity index (χ2v) is 3.08. The van der Waals surface area contributed by atoms with Gasteiger partial charge in [-0.2, -0.15) is 5.26 Å². The molecule has 0 aliphatic carbocycles. The molecule has 5 heteroatoms. The molecule has 5 nitrogen and oxygen atoms in total. The van der Waals surface area contributed by atoms with E-state index < -0.39 is 11.9 Å². The fourth-order valence-electron chi connectivity index (χ4n) is 0.991. The highest BCUT2D eigenvalue weighted by molar-refractivity contribution is 5.80. The van der Waals surface area contributed by atoms with Gasteiger partial charge in [-0.3, -0.25) is 4.79 Å². The summed E-state index contributed by atoms with van der Waals surface area (Å²) in [5.41, 5.74) is 11.8. The Morgan fingerprint density at radius 1 is 1.47 bits per heavy atom. The van der Waals surface area contributed by atoms with Crippen LogP contribution in [0.15, 0.2) is 24.3 Å². The first kappa shape index (κ1) is 11.0. The van der Waals surface area contributed by atoms with Gasteiger partial charge in [0, 0.05) is 12.2 Å². The number of hydrogen-bond donors (Lipinski definition) is 3. The van der Waals surface area contributed by atoms with Gasteiger partial charge in [0.05, 0.1) is 11.6 Å². The van der Waals surface area contributed by atoms with Gasteiger partial charge in [-0.15, -0.1) is 0 Å². The quantitative estimate of drug-likeness (QED) is 0.630. The molecule has 1 rings (SSSR count).